The predicted molar refractivity (Wildman–Crippen MR) is 44.0 cm³/mol. The molecule has 0 unspecified atom stereocenters. The molecular formula is C6H10N2O2S. The molecule has 0 spiro atoms. The lowest BCUT2D eigenvalue weighted by molar-refractivity contribution is 0.471. The van der Waals surface area contributed by atoms with Gasteiger partial charge in [-0.3, -0.25) is 0 Å². The van der Waals surface area contributed by atoms with E-state index >= 15 is 0 Å². The van der Waals surface area contributed by atoms with Crippen LogP contribution in [0.4, 0.5) is 0 Å². The first-order valence-electron chi connectivity index (χ1n) is 3.15. The molecule has 5 heteroatoms. The van der Waals surface area contributed by atoms with E-state index in [0.717, 1.165) is 5.41 Å². The summed E-state index contributed by atoms with van der Waals surface area (Å²) < 4.78 is 22.1. The average molecular weight is 174 g/mol. The molecule has 1 rings (SSSR count). The minimum absolute atomic E-state index is 0.225. The molecule has 0 aromatic carbocycles. The molecule has 0 aliphatic carbocycles. The lowest BCUT2D eigenvalue weighted by Gasteiger charge is -2.07. The smallest absolute Gasteiger partial charge is 0.215 e. The van der Waals surface area contributed by atoms with Crippen LogP contribution in [0.3, 0.4) is 0 Å². The van der Waals surface area contributed by atoms with Crippen LogP contribution >= 0.6 is 0 Å². The van der Waals surface area contributed by atoms with Gasteiger partial charge in [-0.25, -0.2) is 13.4 Å². The lowest BCUT2D eigenvalue weighted by atomic mass is 10.6. The first-order valence-corrected chi connectivity index (χ1v) is 4.70. The van der Waals surface area contributed by atoms with Crippen molar-refractivity contribution >= 4 is 14.9 Å². The van der Waals surface area contributed by atoms with Gasteiger partial charge in [-0.2, -0.15) is 0 Å². The van der Waals surface area contributed by atoms with Crippen LogP contribution < -0.4 is 0 Å². The zero-order chi connectivity index (χ0) is 8.48. The zero-order valence-electron chi connectivity index (χ0n) is 6.48. The normalized spacial score (nSPS) is 20.8. The number of nitrogens with zero attached hydrogens (tertiary/aromatic N) is 2. The minimum Gasteiger partial charge on any atom is -0.303 e. The molecule has 0 amide bonds. The van der Waals surface area contributed by atoms with Crippen molar-refractivity contribution in [1.29, 1.82) is 0 Å². The Morgan fingerprint density at radius 2 is 2.18 bits per heavy atom. The molecule has 11 heavy (non-hydrogen) atoms. The molecule has 0 bridgehead atoms. The monoisotopic (exact) mass is 174 g/mol. The van der Waals surface area contributed by atoms with Crippen molar-refractivity contribution < 1.29 is 8.42 Å². The van der Waals surface area contributed by atoms with E-state index in [2.05, 4.69) is 4.99 Å². The summed E-state index contributed by atoms with van der Waals surface area (Å²) in [6.45, 7) is 0.370. The molecule has 1 aliphatic rings. The molecule has 0 radical (unpaired) electrons. The summed E-state index contributed by atoms with van der Waals surface area (Å²) in [7, 11) is 0.450. The maximum Gasteiger partial charge on any atom is 0.215 e. The van der Waals surface area contributed by atoms with Crippen molar-refractivity contribution in [2.75, 3.05) is 20.6 Å². The zero-order valence-corrected chi connectivity index (χ0v) is 7.30. The van der Waals surface area contributed by atoms with Crippen molar-refractivity contribution in [2.24, 2.45) is 4.99 Å². The van der Waals surface area contributed by atoms with Crippen LogP contribution in [0.1, 0.15) is 0 Å². The van der Waals surface area contributed by atoms with Crippen molar-refractivity contribution in [3.8, 4) is 0 Å². The van der Waals surface area contributed by atoms with Gasteiger partial charge in [0.15, 0.2) is 5.04 Å². The van der Waals surface area contributed by atoms with Gasteiger partial charge in [0, 0.05) is 6.20 Å². The fraction of sp³-hybridized carbons (Fsp3) is 0.500. The van der Waals surface area contributed by atoms with Crippen LogP contribution in [0.2, 0.25) is 0 Å². The molecule has 62 valence electrons. The minimum atomic E-state index is -3.15. The largest absolute Gasteiger partial charge is 0.303 e. The van der Waals surface area contributed by atoms with Crippen molar-refractivity contribution in [3.05, 3.63) is 11.6 Å². The lowest BCUT2D eigenvalue weighted by Crippen LogP contribution is -2.25. The molecule has 0 saturated heterocycles. The van der Waals surface area contributed by atoms with Gasteiger partial charge in [-0.1, -0.05) is 0 Å². The van der Waals surface area contributed by atoms with E-state index in [4.69, 9.17) is 0 Å². The number of aliphatic imine (C=N–C) groups is 1. The highest BCUT2D eigenvalue weighted by Crippen LogP contribution is 2.06. The van der Waals surface area contributed by atoms with E-state index in [1.165, 1.54) is 6.20 Å². The Bertz CT molecular complexity index is 301. The van der Waals surface area contributed by atoms with E-state index in [-0.39, 0.29) is 5.04 Å². The van der Waals surface area contributed by atoms with Gasteiger partial charge in [0.2, 0.25) is 9.84 Å². The number of rotatable bonds is 2. The second-order valence-corrected chi connectivity index (χ2v) is 4.42. The quantitative estimate of drug-likeness (QED) is 0.584. The van der Waals surface area contributed by atoms with Crippen molar-refractivity contribution in [3.63, 3.8) is 0 Å². The summed E-state index contributed by atoms with van der Waals surface area (Å²) >= 11 is 0. The van der Waals surface area contributed by atoms with Gasteiger partial charge in [-0.15, -0.1) is 0 Å². The Morgan fingerprint density at radius 3 is 2.55 bits per heavy atom. The molecular weight excluding hydrogens is 164 g/mol. The summed E-state index contributed by atoms with van der Waals surface area (Å²) in [6.07, 6.45) is 1.31. The van der Waals surface area contributed by atoms with Gasteiger partial charge < -0.3 is 4.90 Å². The highest BCUT2D eigenvalue weighted by Gasteiger charge is 2.19. The summed E-state index contributed by atoms with van der Waals surface area (Å²) in [5.41, 5.74) is 0. The van der Waals surface area contributed by atoms with Gasteiger partial charge in [0.05, 0.1) is 12.0 Å². The molecule has 4 nitrogen and oxygen atoms in total. The Labute approximate surface area is 66.1 Å². The first kappa shape index (κ1) is 8.42. The highest BCUT2D eigenvalue weighted by atomic mass is 32.2. The molecule has 0 fully saturated rings. The second kappa shape index (κ2) is 2.75. The van der Waals surface area contributed by atoms with Crippen LogP contribution in [-0.2, 0) is 9.84 Å². The first-order chi connectivity index (χ1) is 5.02. The van der Waals surface area contributed by atoms with E-state index in [9.17, 15) is 8.42 Å². The Hall–Kier alpha value is -0.680. The van der Waals surface area contributed by atoms with E-state index in [1.54, 1.807) is 19.0 Å². The Morgan fingerprint density at radius 1 is 1.55 bits per heavy atom. The summed E-state index contributed by atoms with van der Waals surface area (Å²) in [4.78, 5) is 5.50. The Kier molecular flexibility index (Phi) is 2.10. The Balaban J connectivity index is 2.79. The number of hydrogen-bond acceptors (Lipinski definition) is 4. The molecule has 0 N–H and O–H groups in total. The third kappa shape index (κ3) is 1.87. The van der Waals surface area contributed by atoms with Crippen LogP contribution in [0, 0.1) is 0 Å². The van der Waals surface area contributed by atoms with Crippen LogP contribution in [-0.4, -0.2) is 39.0 Å². The predicted octanol–water partition coefficient (Wildman–Crippen LogP) is -0.154. The maximum atomic E-state index is 11.1. The number of hydrogen-bond donors (Lipinski definition) is 0. The van der Waals surface area contributed by atoms with Crippen molar-refractivity contribution in [2.45, 2.75) is 0 Å². The summed E-state index contributed by atoms with van der Waals surface area (Å²) in [5.74, 6) is 0. The molecule has 1 heterocycles. The van der Waals surface area contributed by atoms with Gasteiger partial charge in [0.25, 0.3) is 0 Å². The van der Waals surface area contributed by atoms with Crippen LogP contribution in [0.5, 0.6) is 0 Å². The highest BCUT2D eigenvalue weighted by molar-refractivity contribution is 8.09. The third-order valence-corrected chi connectivity index (χ3v) is 2.61. The fourth-order valence-electron chi connectivity index (χ4n) is 0.747. The average Bonchev–Trinajstić information content (AvgIpc) is 2.10. The van der Waals surface area contributed by atoms with Gasteiger partial charge in [0.1, 0.15) is 0 Å². The molecule has 0 aromatic heterocycles. The van der Waals surface area contributed by atoms with Gasteiger partial charge >= 0.3 is 0 Å². The van der Waals surface area contributed by atoms with E-state index < -0.39 is 9.84 Å². The van der Waals surface area contributed by atoms with E-state index in [1.807, 2.05) is 0 Å². The summed E-state index contributed by atoms with van der Waals surface area (Å²) in [5, 5.41) is 1.34. The second-order valence-electron chi connectivity index (χ2n) is 2.59. The molecule has 1 aliphatic heterocycles. The molecule has 0 atom stereocenters. The fourth-order valence-corrected chi connectivity index (χ4v) is 1.77. The van der Waals surface area contributed by atoms with Crippen molar-refractivity contribution in [1.82, 2.24) is 4.90 Å². The molecule has 0 saturated carbocycles. The standard InChI is InChI=1S/C6H10N2O2S/c1-8(2)5-6-7-3-4-11(6,9)10/h3-4H,5H2,1-2H3. The number of sulfone groups is 1. The molecule has 0 aromatic rings. The summed E-state index contributed by atoms with van der Waals surface area (Å²) in [6, 6.07) is 0. The van der Waals surface area contributed by atoms with Crippen LogP contribution in [0.15, 0.2) is 16.6 Å². The maximum absolute atomic E-state index is 11.1. The van der Waals surface area contributed by atoms with E-state index in [0.29, 0.717) is 6.54 Å². The topological polar surface area (TPSA) is 49.7 Å². The van der Waals surface area contributed by atoms with Crippen LogP contribution in [0.25, 0.3) is 0 Å². The van der Waals surface area contributed by atoms with Gasteiger partial charge in [-0.05, 0) is 14.1 Å². The SMILES string of the molecule is CN(C)CC1=NC=CS1(=O)=O. The third-order valence-electron chi connectivity index (χ3n) is 1.24.